The molecule has 1 aromatic rings. The maximum Gasteiger partial charge on any atom is 0.257 e. The lowest BCUT2D eigenvalue weighted by Gasteiger charge is -2.31. The fourth-order valence-electron chi connectivity index (χ4n) is 2.28. The summed E-state index contributed by atoms with van der Waals surface area (Å²) in [5, 5.41) is 9.87. The number of nitrogens with zero attached hydrogens (tertiary/aromatic N) is 1. The van der Waals surface area contributed by atoms with E-state index in [-0.39, 0.29) is 17.8 Å². The van der Waals surface area contributed by atoms with E-state index in [1.54, 1.807) is 24.1 Å². The molecule has 0 unspecified atom stereocenters. The third-order valence-corrected chi connectivity index (χ3v) is 3.50. The molecule has 0 aromatic heterocycles. The fourth-order valence-corrected chi connectivity index (χ4v) is 2.28. The molecule has 19 heavy (non-hydrogen) atoms. The van der Waals surface area contributed by atoms with Gasteiger partial charge in [-0.3, -0.25) is 4.79 Å². The molecule has 0 saturated carbocycles. The average molecular weight is 265 g/mol. The van der Waals surface area contributed by atoms with Gasteiger partial charge < -0.3 is 19.5 Å². The normalized spacial score (nSPS) is 16.4. The second-order valence-corrected chi connectivity index (χ2v) is 4.61. The number of ether oxygens (including phenoxy) is 2. The summed E-state index contributed by atoms with van der Waals surface area (Å²) in [6, 6.07) is 4.73. The van der Waals surface area contributed by atoms with Crippen LogP contribution in [0.15, 0.2) is 18.2 Å². The van der Waals surface area contributed by atoms with Crippen LogP contribution in [0.2, 0.25) is 0 Å². The summed E-state index contributed by atoms with van der Waals surface area (Å²) in [6.45, 7) is 1.31. The summed E-state index contributed by atoms with van der Waals surface area (Å²) in [7, 11) is 3.21. The zero-order valence-electron chi connectivity index (χ0n) is 11.3. The van der Waals surface area contributed by atoms with Gasteiger partial charge in [-0.25, -0.2) is 0 Å². The Morgan fingerprint density at radius 1 is 1.32 bits per heavy atom. The largest absolute Gasteiger partial charge is 0.507 e. The second kappa shape index (κ2) is 5.93. The molecular weight excluding hydrogens is 246 g/mol. The van der Waals surface area contributed by atoms with Gasteiger partial charge in [-0.05, 0) is 25.0 Å². The highest BCUT2D eigenvalue weighted by Crippen LogP contribution is 2.25. The quantitative estimate of drug-likeness (QED) is 0.902. The van der Waals surface area contributed by atoms with Crippen molar-refractivity contribution < 1.29 is 19.4 Å². The van der Waals surface area contributed by atoms with Gasteiger partial charge >= 0.3 is 0 Å². The lowest BCUT2D eigenvalue weighted by Crippen LogP contribution is -2.40. The van der Waals surface area contributed by atoms with Crippen LogP contribution < -0.4 is 4.74 Å². The number of carbonyl (C=O) groups excluding carboxylic acids is 1. The smallest absolute Gasteiger partial charge is 0.257 e. The van der Waals surface area contributed by atoms with E-state index in [1.807, 2.05) is 0 Å². The number of hydrogen-bond acceptors (Lipinski definition) is 4. The molecule has 0 spiro atoms. The van der Waals surface area contributed by atoms with Gasteiger partial charge in [0.25, 0.3) is 5.91 Å². The predicted molar refractivity (Wildman–Crippen MR) is 70.6 cm³/mol. The second-order valence-electron chi connectivity index (χ2n) is 4.61. The third-order valence-electron chi connectivity index (χ3n) is 3.50. The molecule has 104 valence electrons. The molecule has 1 aliphatic heterocycles. The van der Waals surface area contributed by atoms with Crippen LogP contribution in [0.4, 0.5) is 0 Å². The molecule has 1 heterocycles. The van der Waals surface area contributed by atoms with E-state index in [4.69, 9.17) is 9.47 Å². The van der Waals surface area contributed by atoms with Gasteiger partial charge in [-0.2, -0.15) is 0 Å². The first-order valence-electron chi connectivity index (χ1n) is 6.34. The van der Waals surface area contributed by atoms with Crippen molar-refractivity contribution in [1.29, 1.82) is 0 Å². The third kappa shape index (κ3) is 2.98. The highest BCUT2D eigenvalue weighted by Gasteiger charge is 2.25. The summed E-state index contributed by atoms with van der Waals surface area (Å²) < 4.78 is 10.3. The Labute approximate surface area is 112 Å². The number of hydrogen-bond donors (Lipinski definition) is 1. The molecule has 5 heteroatoms. The Morgan fingerprint density at radius 2 is 2.00 bits per heavy atom. The van der Waals surface area contributed by atoms with E-state index < -0.39 is 0 Å². The van der Waals surface area contributed by atoms with E-state index in [0.29, 0.717) is 24.4 Å². The van der Waals surface area contributed by atoms with Crippen LogP contribution in [0.25, 0.3) is 0 Å². The van der Waals surface area contributed by atoms with E-state index in [1.165, 1.54) is 13.2 Å². The molecule has 2 rings (SSSR count). The van der Waals surface area contributed by atoms with Crippen LogP contribution >= 0.6 is 0 Å². The zero-order chi connectivity index (χ0) is 13.8. The first-order valence-corrected chi connectivity index (χ1v) is 6.34. The van der Waals surface area contributed by atoms with Crippen LogP contribution in [0.1, 0.15) is 23.2 Å². The molecule has 0 aliphatic carbocycles. The maximum atomic E-state index is 12.3. The van der Waals surface area contributed by atoms with Crippen LogP contribution in [0, 0.1) is 0 Å². The first-order chi connectivity index (χ1) is 9.15. The standard InChI is InChI=1S/C14H19NO4/c1-18-10-5-7-15(8-6-10)14(17)12-4-3-11(19-2)9-13(12)16/h3-4,9-10,16H,5-8H2,1-2H3. The van der Waals surface area contributed by atoms with Crippen molar-refractivity contribution in [3.05, 3.63) is 23.8 Å². The molecule has 1 aromatic carbocycles. The number of likely N-dealkylation sites (tertiary alicyclic amines) is 1. The van der Waals surface area contributed by atoms with Crippen molar-refractivity contribution in [3.63, 3.8) is 0 Å². The van der Waals surface area contributed by atoms with Gasteiger partial charge in [0.15, 0.2) is 0 Å². The van der Waals surface area contributed by atoms with Gasteiger partial charge in [-0.1, -0.05) is 0 Å². The number of aromatic hydroxyl groups is 1. The van der Waals surface area contributed by atoms with E-state index >= 15 is 0 Å². The molecular formula is C14H19NO4. The van der Waals surface area contributed by atoms with Crippen molar-refractivity contribution in [3.8, 4) is 11.5 Å². The van der Waals surface area contributed by atoms with Gasteiger partial charge in [0.2, 0.25) is 0 Å². The topological polar surface area (TPSA) is 59.0 Å². The lowest BCUT2D eigenvalue weighted by molar-refractivity contribution is 0.0349. The molecule has 0 radical (unpaired) electrons. The Balaban J connectivity index is 2.08. The number of phenols is 1. The lowest BCUT2D eigenvalue weighted by atomic mass is 10.1. The van der Waals surface area contributed by atoms with Gasteiger partial charge in [0.1, 0.15) is 11.5 Å². The highest BCUT2D eigenvalue weighted by molar-refractivity contribution is 5.97. The van der Waals surface area contributed by atoms with Gasteiger partial charge in [0.05, 0.1) is 18.8 Å². The SMILES string of the molecule is COc1ccc(C(=O)N2CCC(OC)CC2)c(O)c1. The average Bonchev–Trinajstić information content (AvgIpc) is 2.46. The van der Waals surface area contributed by atoms with Crippen molar-refractivity contribution in [1.82, 2.24) is 4.90 Å². The van der Waals surface area contributed by atoms with Crippen LogP contribution in [0.3, 0.4) is 0 Å². The molecule has 1 saturated heterocycles. The molecule has 1 amide bonds. The number of phenolic OH excluding ortho intramolecular Hbond substituents is 1. The van der Waals surface area contributed by atoms with Crippen LogP contribution in [-0.4, -0.2) is 49.3 Å². The van der Waals surface area contributed by atoms with Crippen LogP contribution in [-0.2, 0) is 4.74 Å². The van der Waals surface area contributed by atoms with Crippen molar-refractivity contribution >= 4 is 5.91 Å². The number of carbonyl (C=O) groups is 1. The monoisotopic (exact) mass is 265 g/mol. The van der Waals surface area contributed by atoms with Gasteiger partial charge in [-0.15, -0.1) is 0 Å². The molecule has 1 N–H and O–H groups in total. The van der Waals surface area contributed by atoms with E-state index in [9.17, 15) is 9.90 Å². The van der Waals surface area contributed by atoms with Crippen molar-refractivity contribution in [2.24, 2.45) is 0 Å². The molecule has 0 atom stereocenters. The van der Waals surface area contributed by atoms with Crippen molar-refractivity contribution in [2.75, 3.05) is 27.3 Å². The highest BCUT2D eigenvalue weighted by atomic mass is 16.5. The summed E-state index contributed by atoms with van der Waals surface area (Å²) in [6.07, 6.45) is 1.90. The zero-order valence-corrected chi connectivity index (χ0v) is 11.3. The van der Waals surface area contributed by atoms with Crippen LogP contribution in [0.5, 0.6) is 11.5 Å². The Bertz CT molecular complexity index is 453. The Kier molecular flexibility index (Phi) is 4.27. The Hall–Kier alpha value is -1.75. The summed E-state index contributed by atoms with van der Waals surface area (Å²) in [5.74, 6) is 0.347. The van der Waals surface area contributed by atoms with E-state index in [2.05, 4.69) is 0 Å². The summed E-state index contributed by atoms with van der Waals surface area (Å²) >= 11 is 0. The first kappa shape index (κ1) is 13.7. The molecule has 0 bridgehead atoms. The predicted octanol–water partition coefficient (Wildman–Crippen LogP) is 1.65. The summed E-state index contributed by atoms with van der Waals surface area (Å²) in [4.78, 5) is 14.0. The summed E-state index contributed by atoms with van der Waals surface area (Å²) in [5.41, 5.74) is 0.316. The molecule has 1 fully saturated rings. The Morgan fingerprint density at radius 3 is 2.53 bits per heavy atom. The van der Waals surface area contributed by atoms with E-state index in [0.717, 1.165) is 12.8 Å². The number of rotatable bonds is 3. The number of amides is 1. The number of methoxy groups -OCH3 is 2. The van der Waals surface area contributed by atoms with Crippen molar-refractivity contribution in [2.45, 2.75) is 18.9 Å². The molecule has 5 nitrogen and oxygen atoms in total. The van der Waals surface area contributed by atoms with Gasteiger partial charge in [0, 0.05) is 26.3 Å². The molecule has 1 aliphatic rings. The number of piperidine rings is 1. The fraction of sp³-hybridized carbons (Fsp3) is 0.500. The minimum absolute atomic E-state index is 0.0433. The number of benzene rings is 1. The maximum absolute atomic E-state index is 12.3. The minimum Gasteiger partial charge on any atom is -0.507 e. The minimum atomic E-state index is -0.144.